The number of aromatic nitrogens is 1. The molecule has 3 aromatic carbocycles. The number of esters is 1. The number of pyridine rings is 1. The number of hydrogen-bond acceptors (Lipinski definition) is 9. The van der Waals surface area contributed by atoms with Gasteiger partial charge < -0.3 is 28.5 Å². The molecule has 1 aliphatic heterocycles. The van der Waals surface area contributed by atoms with Crippen LogP contribution in [-0.4, -0.2) is 30.3 Å². The van der Waals surface area contributed by atoms with Crippen LogP contribution >= 0.6 is 0 Å². The summed E-state index contributed by atoms with van der Waals surface area (Å²) in [6, 6.07) is 19.3. The number of methoxy groups -OCH3 is 2. The Morgan fingerprint density at radius 2 is 1.78 bits per heavy atom. The normalized spacial score (nSPS) is 14.3. The molecule has 0 saturated carbocycles. The number of aromatic hydroxyl groups is 1. The van der Waals surface area contributed by atoms with E-state index >= 15 is 0 Å². The van der Waals surface area contributed by atoms with Crippen molar-refractivity contribution < 1.29 is 33.3 Å². The summed E-state index contributed by atoms with van der Waals surface area (Å²) >= 11 is 0. The van der Waals surface area contributed by atoms with E-state index in [-0.39, 0.29) is 34.5 Å². The number of rotatable bonds is 7. The fourth-order valence-electron chi connectivity index (χ4n) is 5.06. The molecule has 0 spiro atoms. The highest BCUT2D eigenvalue weighted by molar-refractivity contribution is 5.94. The van der Waals surface area contributed by atoms with Gasteiger partial charge in [-0.2, -0.15) is 0 Å². The minimum atomic E-state index is -0.478. The lowest BCUT2D eigenvalue weighted by atomic mass is 9.85. The maximum Gasteiger partial charge on any atom is 0.312 e. The van der Waals surface area contributed by atoms with Crippen molar-refractivity contribution in [3.05, 3.63) is 106 Å². The predicted octanol–water partition coefficient (Wildman–Crippen LogP) is 5.60. The Kier molecular flexibility index (Phi) is 6.76. The van der Waals surface area contributed by atoms with Gasteiger partial charge in [0.25, 0.3) is 0 Å². The van der Waals surface area contributed by atoms with Crippen LogP contribution in [0.5, 0.6) is 28.7 Å². The molecular weight excluding hydrogens is 526 g/mol. The van der Waals surface area contributed by atoms with Crippen LogP contribution in [0.4, 0.5) is 0 Å². The molecule has 41 heavy (non-hydrogen) atoms. The van der Waals surface area contributed by atoms with Crippen molar-refractivity contribution in [1.29, 1.82) is 0 Å². The zero-order valence-corrected chi connectivity index (χ0v) is 22.2. The predicted molar refractivity (Wildman–Crippen MR) is 150 cm³/mol. The Morgan fingerprint density at radius 1 is 0.976 bits per heavy atom. The summed E-state index contributed by atoms with van der Waals surface area (Å²) in [7, 11) is 3.03. The van der Waals surface area contributed by atoms with E-state index in [1.54, 1.807) is 24.4 Å². The summed E-state index contributed by atoms with van der Waals surface area (Å²) in [5.74, 6) is 0.458. The van der Waals surface area contributed by atoms with Crippen molar-refractivity contribution in [1.82, 2.24) is 4.98 Å². The second-order valence-electron chi connectivity index (χ2n) is 9.47. The second kappa shape index (κ2) is 10.7. The average molecular weight is 552 g/mol. The van der Waals surface area contributed by atoms with Crippen molar-refractivity contribution in [3.8, 4) is 39.9 Å². The molecule has 206 valence electrons. The molecule has 0 bridgehead atoms. The molecule has 5 aromatic rings. The number of hydrogen-bond donors (Lipinski definition) is 1. The number of nitrogens with zero attached hydrogens (tertiary/aromatic N) is 1. The molecule has 0 aliphatic carbocycles. The summed E-state index contributed by atoms with van der Waals surface area (Å²) in [6.07, 6.45) is 3.08. The molecule has 0 amide bonds. The molecule has 1 N–H and O–H groups in total. The Balaban J connectivity index is 1.40. The van der Waals surface area contributed by atoms with Gasteiger partial charge in [0.2, 0.25) is 5.43 Å². The van der Waals surface area contributed by atoms with Crippen molar-refractivity contribution in [2.75, 3.05) is 14.2 Å². The highest BCUT2D eigenvalue weighted by atomic mass is 16.5. The minimum Gasteiger partial charge on any atom is -0.507 e. The Labute approximate surface area is 234 Å². The first-order valence-corrected chi connectivity index (χ1v) is 12.8. The summed E-state index contributed by atoms with van der Waals surface area (Å²) in [6.45, 7) is 0.316. The van der Waals surface area contributed by atoms with Crippen LogP contribution in [0.2, 0.25) is 0 Å². The van der Waals surface area contributed by atoms with Gasteiger partial charge in [-0.3, -0.25) is 14.6 Å². The fraction of sp³-hybridized carbons (Fsp3) is 0.156. The zero-order valence-electron chi connectivity index (χ0n) is 22.2. The number of phenolic OH excluding ortho intramolecular Hbond substituents is 1. The van der Waals surface area contributed by atoms with Gasteiger partial charge in [0, 0.05) is 23.7 Å². The van der Waals surface area contributed by atoms with Crippen molar-refractivity contribution >= 4 is 16.9 Å². The van der Waals surface area contributed by atoms with Crippen LogP contribution in [0.25, 0.3) is 22.1 Å². The monoisotopic (exact) mass is 551 g/mol. The highest BCUT2D eigenvalue weighted by Gasteiger charge is 2.33. The zero-order chi connectivity index (χ0) is 28.5. The summed E-state index contributed by atoms with van der Waals surface area (Å²) in [4.78, 5) is 30.5. The Morgan fingerprint density at radius 3 is 2.51 bits per heavy atom. The van der Waals surface area contributed by atoms with E-state index < -0.39 is 17.3 Å². The molecule has 9 heteroatoms. The molecule has 6 rings (SSSR count). The Bertz CT molecular complexity index is 1810. The highest BCUT2D eigenvalue weighted by Crippen LogP contribution is 2.46. The van der Waals surface area contributed by atoms with E-state index in [0.29, 0.717) is 35.0 Å². The molecule has 1 aliphatic rings. The van der Waals surface area contributed by atoms with Crippen molar-refractivity contribution in [3.63, 3.8) is 0 Å². The lowest BCUT2D eigenvalue weighted by molar-refractivity contribution is -0.135. The van der Waals surface area contributed by atoms with Crippen LogP contribution in [0.15, 0.2) is 88.4 Å². The first-order valence-electron chi connectivity index (χ1n) is 12.8. The van der Waals surface area contributed by atoms with Crippen LogP contribution < -0.4 is 24.4 Å². The van der Waals surface area contributed by atoms with Crippen LogP contribution in [0.1, 0.15) is 29.2 Å². The van der Waals surface area contributed by atoms with Gasteiger partial charge in [0.15, 0.2) is 11.5 Å². The van der Waals surface area contributed by atoms with Gasteiger partial charge in [-0.05, 0) is 47.5 Å². The molecular formula is C32H25NO8. The number of phenols is 1. The van der Waals surface area contributed by atoms with E-state index in [0.717, 1.165) is 11.3 Å². The minimum absolute atomic E-state index is 0.00528. The molecule has 0 radical (unpaired) electrons. The van der Waals surface area contributed by atoms with Crippen molar-refractivity contribution in [2.24, 2.45) is 0 Å². The number of ether oxygens (including phenoxy) is 4. The molecule has 3 heterocycles. The number of fused-ring (bicyclic) bond motifs is 3. The van der Waals surface area contributed by atoms with Crippen LogP contribution in [-0.2, 0) is 11.4 Å². The van der Waals surface area contributed by atoms with Crippen LogP contribution in [0, 0.1) is 0 Å². The SMILES string of the molecule is COc1ccc(-c2coc3c4c(cc(O)c3c2=O)OC(=O)C[C@H]4c2ccc(OCc3ccccn3)cc2)cc1OC. The summed E-state index contributed by atoms with van der Waals surface area (Å²) < 4.78 is 28.0. The first kappa shape index (κ1) is 25.9. The third kappa shape index (κ3) is 4.82. The molecule has 0 unspecified atom stereocenters. The third-order valence-corrected chi connectivity index (χ3v) is 7.06. The smallest absolute Gasteiger partial charge is 0.312 e. The molecule has 0 fully saturated rings. The second-order valence-corrected chi connectivity index (χ2v) is 9.47. The maximum atomic E-state index is 13.7. The van der Waals surface area contributed by atoms with E-state index in [4.69, 9.17) is 23.4 Å². The van der Waals surface area contributed by atoms with Gasteiger partial charge in [-0.25, -0.2) is 0 Å². The molecule has 1 atom stereocenters. The fourth-order valence-corrected chi connectivity index (χ4v) is 5.06. The Hall–Kier alpha value is -5.31. The van der Waals surface area contributed by atoms with Gasteiger partial charge >= 0.3 is 5.97 Å². The van der Waals surface area contributed by atoms with E-state index in [1.165, 1.54) is 26.5 Å². The largest absolute Gasteiger partial charge is 0.507 e. The van der Waals surface area contributed by atoms with Crippen LogP contribution in [0.3, 0.4) is 0 Å². The molecule has 9 nitrogen and oxygen atoms in total. The standard InChI is InChI=1S/C32H25NO8/c1-37-25-11-8-19(13-26(25)38-2)23-17-40-32-29-22(14-28(35)41-27(29)15-24(34)30(32)31(23)36)18-6-9-21(10-7-18)39-16-20-5-3-4-12-33-20/h3-13,15,17,22,34H,14,16H2,1-2H3/t22-/m0/s1. The topological polar surface area (TPSA) is 117 Å². The van der Waals surface area contributed by atoms with Gasteiger partial charge in [-0.15, -0.1) is 0 Å². The number of benzene rings is 3. The van der Waals surface area contributed by atoms with Gasteiger partial charge in [0.1, 0.15) is 41.1 Å². The van der Waals surface area contributed by atoms with Gasteiger partial charge in [0.05, 0.1) is 31.9 Å². The third-order valence-electron chi connectivity index (χ3n) is 7.06. The summed E-state index contributed by atoms with van der Waals surface area (Å²) in [5.41, 5.74) is 2.58. The van der Waals surface area contributed by atoms with E-state index in [9.17, 15) is 14.7 Å². The van der Waals surface area contributed by atoms with E-state index in [1.807, 2.05) is 42.5 Å². The number of carbonyl (C=O) groups excluding carboxylic acids is 1. The lowest BCUT2D eigenvalue weighted by Gasteiger charge is -2.26. The summed E-state index contributed by atoms with van der Waals surface area (Å²) in [5, 5.41) is 10.9. The average Bonchev–Trinajstić information content (AvgIpc) is 3.00. The molecule has 2 aromatic heterocycles. The van der Waals surface area contributed by atoms with Crippen molar-refractivity contribution in [2.45, 2.75) is 18.9 Å². The van der Waals surface area contributed by atoms with E-state index in [2.05, 4.69) is 4.98 Å². The first-order chi connectivity index (χ1) is 20.0. The van der Waals surface area contributed by atoms with Gasteiger partial charge in [-0.1, -0.05) is 24.3 Å². The maximum absolute atomic E-state index is 13.7. The lowest BCUT2D eigenvalue weighted by Crippen LogP contribution is -2.22. The number of carbonyl (C=O) groups is 1. The molecule has 0 saturated heterocycles. The quantitative estimate of drug-likeness (QED) is 0.204.